The molecule has 3 aromatic rings. The van der Waals surface area contributed by atoms with E-state index in [2.05, 4.69) is 6.92 Å². The minimum atomic E-state index is -0.0971. The Bertz CT molecular complexity index is 1000. The SMILES string of the molecule is CCCCn1c2c([n+](Cc3ccco3)c1C)C(=O)c1ccccc1C2=O.[Br-]. The number of ketones is 2. The highest BCUT2D eigenvalue weighted by Gasteiger charge is 2.42. The van der Waals surface area contributed by atoms with E-state index in [1.807, 2.05) is 28.2 Å². The third-order valence-electron chi connectivity index (χ3n) is 5.02. The average Bonchev–Trinajstić information content (AvgIpc) is 3.26. The molecule has 6 heteroatoms. The first-order valence-electron chi connectivity index (χ1n) is 8.97. The van der Waals surface area contributed by atoms with E-state index in [-0.39, 0.29) is 28.5 Å². The number of aromatic nitrogens is 2. The van der Waals surface area contributed by atoms with Crippen molar-refractivity contribution in [1.82, 2.24) is 4.57 Å². The summed E-state index contributed by atoms with van der Waals surface area (Å²) in [6, 6.07) is 10.8. The van der Waals surface area contributed by atoms with Crippen molar-refractivity contribution in [2.45, 2.75) is 39.8 Å². The number of hydrogen-bond acceptors (Lipinski definition) is 3. The molecular formula is C21H21BrN2O3. The monoisotopic (exact) mass is 428 g/mol. The van der Waals surface area contributed by atoms with E-state index in [0.29, 0.717) is 29.1 Å². The average molecular weight is 429 g/mol. The lowest BCUT2D eigenvalue weighted by Gasteiger charge is -2.12. The lowest BCUT2D eigenvalue weighted by Crippen LogP contribution is -3.00. The van der Waals surface area contributed by atoms with E-state index in [9.17, 15) is 9.59 Å². The number of unbranched alkanes of at least 4 members (excludes halogenated alkanes) is 1. The zero-order valence-corrected chi connectivity index (χ0v) is 17.0. The predicted molar refractivity (Wildman–Crippen MR) is 95.4 cm³/mol. The number of furan rings is 1. The zero-order valence-electron chi connectivity index (χ0n) is 15.4. The Morgan fingerprint density at radius 1 is 1.04 bits per heavy atom. The molecule has 27 heavy (non-hydrogen) atoms. The maximum Gasteiger partial charge on any atom is 0.254 e. The fourth-order valence-corrected chi connectivity index (χ4v) is 3.66. The molecule has 0 saturated carbocycles. The summed E-state index contributed by atoms with van der Waals surface area (Å²) in [6.07, 6.45) is 3.59. The first kappa shape index (κ1) is 19.3. The van der Waals surface area contributed by atoms with Crippen LogP contribution in [0.2, 0.25) is 0 Å². The van der Waals surface area contributed by atoms with Crippen LogP contribution in [-0.2, 0) is 13.1 Å². The minimum Gasteiger partial charge on any atom is -1.00 e. The summed E-state index contributed by atoms with van der Waals surface area (Å²) in [5, 5.41) is 0. The first-order chi connectivity index (χ1) is 12.6. The molecule has 0 aliphatic heterocycles. The Morgan fingerprint density at radius 3 is 2.37 bits per heavy atom. The van der Waals surface area contributed by atoms with Crippen molar-refractivity contribution in [3.63, 3.8) is 0 Å². The van der Waals surface area contributed by atoms with E-state index in [0.717, 1.165) is 31.0 Å². The number of hydrogen-bond donors (Lipinski definition) is 0. The molecule has 0 N–H and O–H groups in total. The fraction of sp³-hybridized carbons (Fsp3) is 0.286. The van der Waals surface area contributed by atoms with Crippen molar-refractivity contribution in [3.8, 4) is 0 Å². The quantitative estimate of drug-likeness (QED) is 0.429. The van der Waals surface area contributed by atoms with Gasteiger partial charge >= 0.3 is 0 Å². The molecule has 1 aromatic carbocycles. The summed E-state index contributed by atoms with van der Waals surface area (Å²) in [5.74, 6) is 1.48. The van der Waals surface area contributed by atoms with Crippen LogP contribution >= 0.6 is 0 Å². The summed E-state index contributed by atoms with van der Waals surface area (Å²) < 4.78 is 9.39. The predicted octanol–water partition coefficient (Wildman–Crippen LogP) is 0.305. The lowest BCUT2D eigenvalue weighted by atomic mass is 9.90. The van der Waals surface area contributed by atoms with Gasteiger partial charge in [-0.3, -0.25) is 9.59 Å². The van der Waals surface area contributed by atoms with Gasteiger partial charge in [0.1, 0.15) is 12.3 Å². The van der Waals surface area contributed by atoms with Gasteiger partial charge in [0.05, 0.1) is 12.8 Å². The molecule has 2 aromatic heterocycles. The van der Waals surface area contributed by atoms with Gasteiger partial charge in [-0.2, -0.15) is 0 Å². The van der Waals surface area contributed by atoms with Crippen LogP contribution in [0.4, 0.5) is 0 Å². The number of rotatable bonds is 5. The van der Waals surface area contributed by atoms with Crippen LogP contribution in [-0.4, -0.2) is 16.1 Å². The molecular weight excluding hydrogens is 408 g/mol. The smallest absolute Gasteiger partial charge is 0.254 e. The van der Waals surface area contributed by atoms with Crippen LogP contribution in [0, 0.1) is 6.92 Å². The van der Waals surface area contributed by atoms with Crippen LogP contribution in [0.1, 0.15) is 63.5 Å². The summed E-state index contributed by atoms with van der Waals surface area (Å²) >= 11 is 0. The molecule has 2 heterocycles. The molecule has 0 atom stereocenters. The molecule has 5 nitrogen and oxygen atoms in total. The minimum absolute atomic E-state index is 0. The van der Waals surface area contributed by atoms with Crippen molar-refractivity contribution in [2.24, 2.45) is 0 Å². The van der Waals surface area contributed by atoms with E-state index in [1.165, 1.54) is 0 Å². The highest BCUT2D eigenvalue weighted by atomic mass is 79.9. The number of carbonyl (C=O) groups excluding carboxylic acids is 2. The molecule has 1 aliphatic carbocycles. The van der Waals surface area contributed by atoms with Gasteiger partial charge in [0.25, 0.3) is 5.82 Å². The van der Waals surface area contributed by atoms with E-state index in [1.54, 1.807) is 30.5 Å². The zero-order chi connectivity index (χ0) is 18.3. The molecule has 1 aliphatic rings. The number of fused-ring (bicyclic) bond motifs is 2. The Labute approximate surface area is 168 Å². The van der Waals surface area contributed by atoms with Crippen molar-refractivity contribution in [1.29, 1.82) is 0 Å². The van der Waals surface area contributed by atoms with Crippen LogP contribution in [0.25, 0.3) is 0 Å². The Balaban J connectivity index is 0.00000210. The van der Waals surface area contributed by atoms with Crippen LogP contribution in [0.15, 0.2) is 47.1 Å². The summed E-state index contributed by atoms with van der Waals surface area (Å²) in [7, 11) is 0. The number of carbonyl (C=O) groups is 2. The highest BCUT2D eigenvalue weighted by Crippen LogP contribution is 2.27. The molecule has 0 bridgehead atoms. The second-order valence-corrected chi connectivity index (χ2v) is 6.62. The Morgan fingerprint density at radius 2 is 1.74 bits per heavy atom. The van der Waals surface area contributed by atoms with Crippen LogP contribution in [0.3, 0.4) is 0 Å². The van der Waals surface area contributed by atoms with Crippen molar-refractivity contribution in [3.05, 3.63) is 76.8 Å². The molecule has 0 radical (unpaired) electrons. The summed E-state index contributed by atoms with van der Waals surface area (Å²) in [4.78, 5) is 26.4. The topological polar surface area (TPSA) is 56.1 Å². The number of benzene rings is 1. The van der Waals surface area contributed by atoms with Crippen molar-refractivity contribution >= 4 is 11.6 Å². The second-order valence-electron chi connectivity index (χ2n) is 6.62. The summed E-state index contributed by atoms with van der Waals surface area (Å²) in [6.45, 7) is 5.23. The second kappa shape index (κ2) is 7.64. The van der Waals surface area contributed by atoms with Crippen molar-refractivity contribution < 1.29 is 35.6 Å². The number of imidazole rings is 1. The first-order valence-corrected chi connectivity index (χ1v) is 8.97. The largest absolute Gasteiger partial charge is 1.00 e. The third-order valence-corrected chi connectivity index (χ3v) is 5.02. The van der Waals surface area contributed by atoms with Gasteiger partial charge in [-0.15, -0.1) is 0 Å². The fourth-order valence-electron chi connectivity index (χ4n) is 3.66. The van der Waals surface area contributed by atoms with Gasteiger partial charge in [0.15, 0.2) is 0 Å². The van der Waals surface area contributed by atoms with Crippen molar-refractivity contribution in [2.75, 3.05) is 0 Å². The highest BCUT2D eigenvalue weighted by molar-refractivity contribution is 6.26. The van der Waals surface area contributed by atoms with Gasteiger partial charge < -0.3 is 21.4 Å². The third kappa shape index (κ3) is 3.08. The maximum atomic E-state index is 13.2. The summed E-state index contributed by atoms with van der Waals surface area (Å²) in [5.41, 5.74) is 1.95. The Kier molecular flexibility index (Phi) is 5.46. The molecule has 0 spiro atoms. The van der Waals surface area contributed by atoms with Gasteiger partial charge in [0.2, 0.25) is 23.0 Å². The molecule has 0 fully saturated rings. The van der Waals surface area contributed by atoms with Gasteiger partial charge in [-0.1, -0.05) is 37.6 Å². The number of halogens is 1. The molecule has 140 valence electrons. The van der Waals surface area contributed by atoms with Crippen LogP contribution < -0.4 is 21.5 Å². The maximum absolute atomic E-state index is 13.2. The van der Waals surface area contributed by atoms with E-state index in [4.69, 9.17) is 4.42 Å². The van der Waals surface area contributed by atoms with Crippen LogP contribution in [0.5, 0.6) is 0 Å². The molecule has 4 rings (SSSR count). The normalized spacial score (nSPS) is 12.5. The molecule has 0 amide bonds. The molecule has 0 saturated heterocycles. The van der Waals surface area contributed by atoms with Gasteiger partial charge in [-0.25, -0.2) is 9.13 Å². The molecule has 0 unspecified atom stereocenters. The lowest BCUT2D eigenvalue weighted by molar-refractivity contribution is -0.697. The number of nitrogens with zero attached hydrogens (tertiary/aromatic N) is 2. The van der Waals surface area contributed by atoms with E-state index >= 15 is 0 Å². The standard InChI is InChI=1S/C21H21N2O3.BrH/c1-3-4-11-22-14(2)23(13-15-8-7-12-26-15)19-18(22)20(24)16-9-5-6-10-17(16)21(19)25;/h5-10,12H,3-4,11,13H2,1-2H3;1H/q+1;/p-1. The Hall–Kier alpha value is -2.47. The van der Waals surface area contributed by atoms with Gasteiger partial charge in [0, 0.05) is 18.1 Å². The van der Waals surface area contributed by atoms with Gasteiger partial charge in [-0.05, 0) is 18.6 Å². The van der Waals surface area contributed by atoms with E-state index < -0.39 is 0 Å².